The smallest absolute Gasteiger partial charge is 0.318 e. The van der Waals surface area contributed by atoms with Gasteiger partial charge in [-0.05, 0) is 31.0 Å². The zero-order valence-corrected chi connectivity index (χ0v) is 14.3. The number of piperazine rings is 1. The summed E-state index contributed by atoms with van der Waals surface area (Å²) in [5, 5.41) is 2.14. The SMILES string of the molecule is COc1ccc(CCN2CCN([C@@H](C)C(=O)NC(N)=O)CC2)cc1. The van der Waals surface area contributed by atoms with Crippen LogP contribution in [-0.2, 0) is 11.2 Å². The summed E-state index contributed by atoms with van der Waals surface area (Å²) in [6.45, 7) is 6.20. The Morgan fingerprint density at radius 1 is 1.21 bits per heavy atom. The second-order valence-corrected chi connectivity index (χ2v) is 6.01. The van der Waals surface area contributed by atoms with Gasteiger partial charge < -0.3 is 15.4 Å². The maximum Gasteiger partial charge on any atom is 0.318 e. The van der Waals surface area contributed by atoms with Crippen molar-refractivity contribution in [3.8, 4) is 5.75 Å². The quantitative estimate of drug-likeness (QED) is 0.788. The number of primary amides is 1. The zero-order chi connectivity index (χ0) is 17.5. The normalized spacial score (nSPS) is 17.2. The predicted molar refractivity (Wildman–Crippen MR) is 91.9 cm³/mol. The number of nitrogens with zero attached hydrogens (tertiary/aromatic N) is 2. The third-order valence-electron chi connectivity index (χ3n) is 4.46. The molecule has 3 amide bonds. The standard InChI is InChI=1S/C17H26N4O3/c1-13(16(22)19-17(18)23)21-11-9-20(10-12-21)8-7-14-3-5-15(24-2)6-4-14/h3-6,13H,7-12H2,1-2H3,(H3,18,19,22,23)/t13-/m0/s1. The predicted octanol–water partition coefficient (Wildman–Crippen LogP) is 0.439. The Morgan fingerprint density at radius 3 is 2.38 bits per heavy atom. The Bertz CT molecular complexity index is 553. The Balaban J connectivity index is 1.74. The van der Waals surface area contributed by atoms with E-state index in [-0.39, 0.29) is 11.9 Å². The van der Waals surface area contributed by atoms with Crippen LogP contribution in [0.2, 0.25) is 0 Å². The third kappa shape index (κ3) is 5.21. The molecule has 132 valence electrons. The lowest BCUT2D eigenvalue weighted by atomic mass is 10.1. The highest BCUT2D eigenvalue weighted by Crippen LogP contribution is 2.13. The van der Waals surface area contributed by atoms with Crippen molar-refractivity contribution in [1.29, 1.82) is 0 Å². The molecule has 1 aromatic carbocycles. The van der Waals surface area contributed by atoms with Crippen LogP contribution < -0.4 is 15.8 Å². The van der Waals surface area contributed by atoms with Crippen LogP contribution in [-0.4, -0.2) is 67.6 Å². The van der Waals surface area contributed by atoms with Crippen molar-refractivity contribution in [2.45, 2.75) is 19.4 Å². The van der Waals surface area contributed by atoms with Crippen LogP contribution in [0.3, 0.4) is 0 Å². The van der Waals surface area contributed by atoms with E-state index in [9.17, 15) is 9.59 Å². The molecule has 1 aromatic rings. The van der Waals surface area contributed by atoms with Crippen molar-refractivity contribution < 1.29 is 14.3 Å². The van der Waals surface area contributed by atoms with E-state index in [4.69, 9.17) is 10.5 Å². The lowest BCUT2D eigenvalue weighted by Crippen LogP contribution is -2.55. The molecule has 0 unspecified atom stereocenters. The van der Waals surface area contributed by atoms with Crippen LogP contribution in [0.1, 0.15) is 12.5 Å². The fraction of sp³-hybridized carbons (Fsp3) is 0.529. The molecule has 1 aliphatic rings. The highest BCUT2D eigenvalue weighted by Gasteiger charge is 2.25. The summed E-state index contributed by atoms with van der Waals surface area (Å²) in [5.41, 5.74) is 6.27. The molecule has 1 heterocycles. The molecule has 3 N–H and O–H groups in total. The Labute approximate surface area is 142 Å². The number of imide groups is 1. The molecule has 0 saturated carbocycles. The van der Waals surface area contributed by atoms with Gasteiger partial charge in [0, 0.05) is 32.7 Å². The van der Waals surface area contributed by atoms with E-state index in [2.05, 4.69) is 27.2 Å². The van der Waals surface area contributed by atoms with Crippen LogP contribution in [0.25, 0.3) is 0 Å². The van der Waals surface area contributed by atoms with Crippen molar-refractivity contribution in [1.82, 2.24) is 15.1 Å². The summed E-state index contributed by atoms with van der Waals surface area (Å²) in [5.74, 6) is 0.532. The van der Waals surface area contributed by atoms with Gasteiger partial charge in [0.25, 0.3) is 0 Å². The first-order chi connectivity index (χ1) is 11.5. The average molecular weight is 334 g/mol. The van der Waals surface area contributed by atoms with Gasteiger partial charge in [-0.3, -0.25) is 15.0 Å². The summed E-state index contributed by atoms with van der Waals surface area (Å²) >= 11 is 0. The van der Waals surface area contributed by atoms with Crippen molar-refractivity contribution in [3.05, 3.63) is 29.8 Å². The topological polar surface area (TPSA) is 87.9 Å². The second kappa shape index (κ2) is 8.65. The van der Waals surface area contributed by atoms with Crippen molar-refractivity contribution in [2.75, 3.05) is 39.8 Å². The van der Waals surface area contributed by atoms with Gasteiger partial charge in [0.1, 0.15) is 5.75 Å². The first kappa shape index (κ1) is 18.2. The van der Waals surface area contributed by atoms with Gasteiger partial charge in [-0.15, -0.1) is 0 Å². The summed E-state index contributed by atoms with van der Waals surface area (Å²) < 4.78 is 5.16. The first-order valence-corrected chi connectivity index (χ1v) is 8.19. The monoisotopic (exact) mass is 334 g/mol. The number of amides is 3. The van der Waals surface area contributed by atoms with Crippen LogP contribution in [0, 0.1) is 0 Å². The molecular weight excluding hydrogens is 308 g/mol. The Hall–Kier alpha value is -2.12. The van der Waals surface area contributed by atoms with Crippen LogP contribution in [0.15, 0.2) is 24.3 Å². The number of methoxy groups -OCH3 is 1. The van der Waals surface area contributed by atoms with E-state index in [1.165, 1.54) is 5.56 Å². The molecule has 1 atom stereocenters. The largest absolute Gasteiger partial charge is 0.497 e. The van der Waals surface area contributed by atoms with Gasteiger partial charge in [0.15, 0.2) is 0 Å². The molecule has 0 bridgehead atoms. The minimum Gasteiger partial charge on any atom is -0.497 e. The number of urea groups is 1. The third-order valence-corrected chi connectivity index (χ3v) is 4.46. The van der Waals surface area contributed by atoms with E-state index < -0.39 is 6.03 Å². The van der Waals surface area contributed by atoms with E-state index in [1.54, 1.807) is 14.0 Å². The maximum absolute atomic E-state index is 11.8. The fourth-order valence-electron chi connectivity index (χ4n) is 2.85. The molecule has 7 heteroatoms. The van der Waals surface area contributed by atoms with E-state index in [1.807, 2.05) is 12.1 Å². The number of nitrogens with one attached hydrogen (secondary N) is 1. The molecule has 0 aliphatic carbocycles. The summed E-state index contributed by atoms with van der Waals surface area (Å²) in [6.07, 6.45) is 0.988. The molecule has 1 aliphatic heterocycles. The molecule has 1 fully saturated rings. The minimum absolute atomic E-state index is 0.339. The van der Waals surface area contributed by atoms with Crippen LogP contribution in [0.5, 0.6) is 5.75 Å². The molecule has 7 nitrogen and oxygen atoms in total. The van der Waals surface area contributed by atoms with E-state index in [0.29, 0.717) is 0 Å². The lowest BCUT2D eigenvalue weighted by molar-refractivity contribution is -0.125. The molecule has 24 heavy (non-hydrogen) atoms. The number of carbonyl (C=O) groups is 2. The summed E-state index contributed by atoms with van der Waals surface area (Å²) in [4.78, 5) is 27.0. The minimum atomic E-state index is -0.801. The van der Waals surface area contributed by atoms with Crippen LogP contribution >= 0.6 is 0 Å². The van der Waals surface area contributed by atoms with Gasteiger partial charge in [-0.1, -0.05) is 12.1 Å². The number of hydrogen-bond acceptors (Lipinski definition) is 5. The number of hydrogen-bond donors (Lipinski definition) is 2. The van der Waals surface area contributed by atoms with E-state index >= 15 is 0 Å². The van der Waals surface area contributed by atoms with Crippen molar-refractivity contribution in [3.63, 3.8) is 0 Å². The summed E-state index contributed by atoms with van der Waals surface area (Å²) in [7, 11) is 1.67. The number of carbonyl (C=O) groups excluding carboxylic acids is 2. The highest BCUT2D eigenvalue weighted by atomic mass is 16.5. The molecular formula is C17H26N4O3. The molecule has 2 rings (SSSR count). The number of ether oxygens (including phenoxy) is 1. The van der Waals surface area contributed by atoms with Gasteiger partial charge >= 0.3 is 6.03 Å². The molecule has 1 saturated heterocycles. The van der Waals surface area contributed by atoms with Gasteiger partial charge in [-0.25, -0.2) is 4.79 Å². The van der Waals surface area contributed by atoms with E-state index in [0.717, 1.165) is 44.9 Å². The lowest BCUT2D eigenvalue weighted by Gasteiger charge is -2.37. The van der Waals surface area contributed by atoms with Crippen molar-refractivity contribution >= 4 is 11.9 Å². The zero-order valence-electron chi connectivity index (χ0n) is 14.3. The number of benzene rings is 1. The number of nitrogens with two attached hydrogens (primary N) is 1. The average Bonchev–Trinajstić information content (AvgIpc) is 2.59. The van der Waals surface area contributed by atoms with Gasteiger partial charge in [0.05, 0.1) is 13.2 Å². The number of rotatable bonds is 6. The molecule has 0 spiro atoms. The Kier molecular flexibility index (Phi) is 6.57. The second-order valence-electron chi connectivity index (χ2n) is 6.01. The van der Waals surface area contributed by atoms with Gasteiger partial charge in [-0.2, -0.15) is 0 Å². The Morgan fingerprint density at radius 2 is 1.83 bits per heavy atom. The fourth-order valence-corrected chi connectivity index (χ4v) is 2.85. The van der Waals surface area contributed by atoms with Gasteiger partial charge in [0.2, 0.25) is 5.91 Å². The summed E-state index contributed by atoms with van der Waals surface area (Å²) in [6, 6.07) is 6.99. The first-order valence-electron chi connectivity index (χ1n) is 8.19. The molecule has 0 radical (unpaired) electrons. The molecule has 0 aromatic heterocycles. The van der Waals surface area contributed by atoms with Crippen LogP contribution in [0.4, 0.5) is 4.79 Å². The highest BCUT2D eigenvalue weighted by molar-refractivity contribution is 5.96. The van der Waals surface area contributed by atoms with Crippen molar-refractivity contribution in [2.24, 2.45) is 5.73 Å². The maximum atomic E-state index is 11.8.